The Bertz CT molecular complexity index is 930. The third-order valence-electron chi connectivity index (χ3n) is 5.17. The predicted molar refractivity (Wildman–Crippen MR) is 115 cm³/mol. The molecular formula is C23H27N3O2. The van der Waals surface area contributed by atoms with Gasteiger partial charge in [-0.25, -0.2) is 5.43 Å². The molecule has 28 heavy (non-hydrogen) atoms. The average molecular weight is 377 g/mol. The van der Waals surface area contributed by atoms with Gasteiger partial charge in [-0.1, -0.05) is 36.4 Å². The molecule has 0 saturated carbocycles. The lowest BCUT2D eigenvalue weighted by Crippen LogP contribution is -2.42. The summed E-state index contributed by atoms with van der Waals surface area (Å²) in [6, 6.07) is 13.7. The van der Waals surface area contributed by atoms with Crippen LogP contribution in [0.4, 0.5) is 5.69 Å². The van der Waals surface area contributed by atoms with Gasteiger partial charge < -0.3 is 9.64 Å². The van der Waals surface area contributed by atoms with E-state index in [1.54, 1.807) is 13.3 Å². The van der Waals surface area contributed by atoms with Gasteiger partial charge >= 0.3 is 0 Å². The lowest BCUT2D eigenvalue weighted by atomic mass is 9.88. The molecule has 1 aliphatic rings. The predicted octanol–water partition coefficient (Wildman–Crippen LogP) is 4.02. The quantitative estimate of drug-likeness (QED) is 0.632. The molecule has 1 aliphatic heterocycles. The van der Waals surface area contributed by atoms with Crippen molar-refractivity contribution >= 4 is 23.4 Å². The van der Waals surface area contributed by atoms with Crippen LogP contribution in [0, 0.1) is 0 Å². The summed E-state index contributed by atoms with van der Waals surface area (Å²) < 4.78 is 5.57. The van der Waals surface area contributed by atoms with Gasteiger partial charge in [0, 0.05) is 29.9 Å². The number of benzene rings is 2. The summed E-state index contributed by atoms with van der Waals surface area (Å²) >= 11 is 0. The van der Waals surface area contributed by atoms with Gasteiger partial charge in [-0.3, -0.25) is 4.79 Å². The maximum atomic E-state index is 12.1. The fraction of sp³-hybridized carbons (Fsp3) is 0.304. The molecule has 3 rings (SSSR count). The first-order chi connectivity index (χ1) is 13.3. The Morgan fingerprint density at radius 1 is 1.25 bits per heavy atom. The highest BCUT2D eigenvalue weighted by Gasteiger charge is 2.29. The summed E-state index contributed by atoms with van der Waals surface area (Å²) in [5, 5.41) is 4.13. The van der Waals surface area contributed by atoms with E-state index in [2.05, 4.69) is 55.4 Å². The Morgan fingerprint density at radius 2 is 1.96 bits per heavy atom. The number of nitrogens with one attached hydrogen (secondary N) is 1. The first kappa shape index (κ1) is 19.7. The lowest BCUT2D eigenvalue weighted by molar-refractivity contribution is -0.120. The molecule has 1 N–H and O–H groups in total. The number of amides is 1. The molecule has 5 nitrogen and oxygen atoms in total. The molecule has 1 heterocycles. The molecule has 1 amide bonds. The van der Waals surface area contributed by atoms with Crippen LogP contribution in [0.2, 0.25) is 0 Å². The molecule has 0 spiro atoms. The molecule has 0 radical (unpaired) electrons. The first-order valence-electron chi connectivity index (χ1n) is 9.33. The number of hydrogen-bond donors (Lipinski definition) is 1. The van der Waals surface area contributed by atoms with Crippen LogP contribution in [0.15, 0.2) is 53.6 Å². The molecule has 146 valence electrons. The monoisotopic (exact) mass is 377 g/mol. The lowest BCUT2D eigenvalue weighted by Gasteiger charge is -2.40. The van der Waals surface area contributed by atoms with Gasteiger partial charge in [0.1, 0.15) is 5.75 Å². The molecule has 0 aromatic heterocycles. The number of hydrazone groups is 1. The van der Waals surface area contributed by atoms with Crippen molar-refractivity contribution in [3.8, 4) is 5.75 Å². The van der Waals surface area contributed by atoms with Crippen molar-refractivity contribution in [2.45, 2.75) is 32.7 Å². The second-order valence-electron chi connectivity index (χ2n) is 7.61. The molecule has 0 aliphatic carbocycles. The normalized spacial score (nSPS) is 15.2. The number of likely N-dealkylation sites (N-methyl/N-ethyl adjacent to an activating group) is 1. The van der Waals surface area contributed by atoms with Crippen molar-refractivity contribution in [2.75, 3.05) is 19.1 Å². The van der Waals surface area contributed by atoms with Gasteiger partial charge in [0.05, 0.1) is 25.3 Å². The van der Waals surface area contributed by atoms with E-state index >= 15 is 0 Å². The van der Waals surface area contributed by atoms with Crippen molar-refractivity contribution in [2.24, 2.45) is 5.10 Å². The van der Waals surface area contributed by atoms with Gasteiger partial charge in [-0.15, -0.1) is 0 Å². The second kappa shape index (κ2) is 7.89. The number of ether oxygens (including phenoxy) is 1. The van der Waals surface area contributed by atoms with Crippen molar-refractivity contribution in [3.05, 3.63) is 65.2 Å². The van der Waals surface area contributed by atoms with Gasteiger partial charge in [0.25, 0.3) is 0 Å². The van der Waals surface area contributed by atoms with E-state index in [-0.39, 0.29) is 11.4 Å². The Morgan fingerprint density at radius 3 is 2.64 bits per heavy atom. The third-order valence-corrected chi connectivity index (χ3v) is 5.17. The van der Waals surface area contributed by atoms with E-state index in [1.807, 2.05) is 36.4 Å². The number of rotatable bonds is 5. The molecule has 2 aromatic rings. The number of allylic oxidation sites excluding steroid dienone is 1. The van der Waals surface area contributed by atoms with Crippen LogP contribution in [0.1, 0.15) is 37.5 Å². The number of fused-ring (bicyclic) bond motifs is 1. The largest absolute Gasteiger partial charge is 0.496 e. The number of methoxy groups -OCH3 is 1. The minimum atomic E-state index is -0.156. The molecule has 0 saturated heterocycles. The number of anilines is 1. The summed E-state index contributed by atoms with van der Waals surface area (Å²) in [6.45, 7) is 6.48. The Labute approximate surface area is 166 Å². The summed E-state index contributed by atoms with van der Waals surface area (Å²) in [6.07, 6.45) is 4.18. The molecule has 5 heteroatoms. The summed E-state index contributed by atoms with van der Waals surface area (Å²) in [7, 11) is 3.72. The third kappa shape index (κ3) is 4.09. The van der Waals surface area contributed by atoms with Crippen LogP contribution >= 0.6 is 0 Å². The SMILES string of the molecule is COc1cc2c(cc1/C=N\NC(=O)Cc1ccccc1)C(C)=CC(C)(C)N2C. The van der Waals surface area contributed by atoms with Crippen LogP contribution < -0.4 is 15.1 Å². The zero-order valence-corrected chi connectivity index (χ0v) is 17.1. The minimum absolute atomic E-state index is 0.0664. The van der Waals surface area contributed by atoms with E-state index in [4.69, 9.17) is 4.74 Å². The fourth-order valence-electron chi connectivity index (χ4n) is 3.47. The highest BCUT2D eigenvalue weighted by atomic mass is 16.5. The summed E-state index contributed by atoms with van der Waals surface area (Å²) in [5.74, 6) is 0.564. The number of carbonyl (C=O) groups excluding carboxylic acids is 1. The minimum Gasteiger partial charge on any atom is -0.496 e. The molecule has 0 bridgehead atoms. The van der Waals surface area contributed by atoms with Crippen LogP contribution in [0.3, 0.4) is 0 Å². The molecule has 0 fully saturated rings. The van der Waals surface area contributed by atoms with Gasteiger partial charge in [0.2, 0.25) is 5.91 Å². The van der Waals surface area contributed by atoms with Crippen molar-refractivity contribution in [1.29, 1.82) is 0 Å². The Balaban J connectivity index is 1.80. The van der Waals surface area contributed by atoms with Crippen molar-refractivity contribution in [1.82, 2.24) is 5.43 Å². The van der Waals surface area contributed by atoms with E-state index in [1.165, 1.54) is 5.57 Å². The zero-order valence-electron chi connectivity index (χ0n) is 17.1. The second-order valence-corrected chi connectivity index (χ2v) is 7.61. The standard InChI is InChI=1S/C23H27N3O2/c1-16-14-23(2,3)26(4)20-13-21(28-5)18(12-19(16)20)15-24-25-22(27)11-17-9-7-6-8-10-17/h6-10,12-15H,11H2,1-5H3,(H,25,27)/b24-15-. The van der Waals surface area contributed by atoms with Crippen LogP contribution in [-0.2, 0) is 11.2 Å². The maximum Gasteiger partial charge on any atom is 0.244 e. The van der Waals surface area contributed by atoms with Crippen molar-refractivity contribution in [3.63, 3.8) is 0 Å². The van der Waals surface area contributed by atoms with E-state index < -0.39 is 0 Å². The zero-order chi connectivity index (χ0) is 20.3. The smallest absolute Gasteiger partial charge is 0.244 e. The topological polar surface area (TPSA) is 53.9 Å². The molecule has 0 atom stereocenters. The van der Waals surface area contributed by atoms with Gasteiger partial charge in [0.15, 0.2) is 0 Å². The van der Waals surface area contributed by atoms with E-state index in [0.717, 1.165) is 28.1 Å². The van der Waals surface area contributed by atoms with E-state index in [9.17, 15) is 4.79 Å². The van der Waals surface area contributed by atoms with Gasteiger partial charge in [-0.2, -0.15) is 5.10 Å². The van der Waals surface area contributed by atoms with Crippen LogP contribution in [0.5, 0.6) is 5.75 Å². The van der Waals surface area contributed by atoms with E-state index in [0.29, 0.717) is 6.42 Å². The highest BCUT2D eigenvalue weighted by Crippen LogP contribution is 2.40. The molecule has 2 aromatic carbocycles. The average Bonchev–Trinajstić information content (AvgIpc) is 2.66. The fourth-order valence-corrected chi connectivity index (χ4v) is 3.47. The number of carbonyl (C=O) groups is 1. The highest BCUT2D eigenvalue weighted by molar-refractivity contribution is 5.91. The van der Waals surface area contributed by atoms with Crippen LogP contribution in [-0.4, -0.2) is 31.8 Å². The first-order valence-corrected chi connectivity index (χ1v) is 9.33. The Hall–Kier alpha value is -3.08. The molecular weight excluding hydrogens is 350 g/mol. The maximum absolute atomic E-state index is 12.1. The number of nitrogens with zero attached hydrogens (tertiary/aromatic N) is 2. The summed E-state index contributed by atoms with van der Waals surface area (Å²) in [5.41, 5.74) is 7.77. The number of hydrogen-bond acceptors (Lipinski definition) is 4. The Kier molecular flexibility index (Phi) is 5.54. The van der Waals surface area contributed by atoms with Gasteiger partial charge in [-0.05, 0) is 38.0 Å². The molecule has 0 unspecified atom stereocenters. The summed E-state index contributed by atoms with van der Waals surface area (Å²) in [4.78, 5) is 14.3. The van der Waals surface area contributed by atoms with Crippen molar-refractivity contribution < 1.29 is 9.53 Å². The van der Waals surface area contributed by atoms with Crippen LogP contribution in [0.25, 0.3) is 5.57 Å².